The summed E-state index contributed by atoms with van der Waals surface area (Å²) in [5, 5.41) is 2.95. The van der Waals surface area contributed by atoms with Gasteiger partial charge < -0.3 is 0 Å². The molecule has 2 aromatic rings. The van der Waals surface area contributed by atoms with E-state index in [4.69, 9.17) is 11.6 Å². The summed E-state index contributed by atoms with van der Waals surface area (Å²) in [7, 11) is 0. The Balaban J connectivity index is 2.11. The molecule has 0 saturated carbocycles. The van der Waals surface area contributed by atoms with Crippen LogP contribution in [0, 0.1) is 5.41 Å². The third kappa shape index (κ3) is 2.39. The van der Waals surface area contributed by atoms with E-state index in [1.165, 1.54) is 40.3 Å². The highest BCUT2D eigenvalue weighted by Gasteiger charge is 2.22. The molecule has 0 aromatic heterocycles. The lowest BCUT2D eigenvalue weighted by molar-refractivity contribution is 0.373. The highest BCUT2D eigenvalue weighted by Crippen LogP contribution is 2.40. The standard InChI is InChI=1S/C18H21Cl/c1-18(2,3)11-16(19)14-10-9-13-8-7-12-5-4-6-15(14)17(12)13/h4-6,9-10,16H,7-8,11H2,1-3H3. The average molecular weight is 273 g/mol. The van der Waals surface area contributed by atoms with Crippen molar-refractivity contribution in [3.05, 3.63) is 47.0 Å². The van der Waals surface area contributed by atoms with Gasteiger partial charge in [0.2, 0.25) is 0 Å². The first kappa shape index (κ1) is 13.0. The van der Waals surface area contributed by atoms with Crippen molar-refractivity contribution in [3.63, 3.8) is 0 Å². The zero-order valence-corrected chi connectivity index (χ0v) is 12.7. The van der Waals surface area contributed by atoms with Gasteiger partial charge in [-0.3, -0.25) is 0 Å². The lowest BCUT2D eigenvalue weighted by Crippen LogP contribution is -2.09. The van der Waals surface area contributed by atoms with Gasteiger partial charge in [-0.25, -0.2) is 0 Å². The highest BCUT2D eigenvalue weighted by atomic mass is 35.5. The summed E-state index contributed by atoms with van der Waals surface area (Å²) in [6.07, 6.45) is 3.37. The highest BCUT2D eigenvalue weighted by molar-refractivity contribution is 6.22. The molecule has 0 amide bonds. The molecule has 0 fully saturated rings. The summed E-state index contributed by atoms with van der Waals surface area (Å²) >= 11 is 6.69. The van der Waals surface area contributed by atoms with Gasteiger partial charge in [-0.2, -0.15) is 0 Å². The molecule has 0 aliphatic heterocycles. The third-order valence-corrected chi connectivity index (χ3v) is 4.43. The van der Waals surface area contributed by atoms with Crippen LogP contribution in [0.1, 0.15) is 49.3 Å². The van der Waals surface area contributed by atoms with Crippen molar-refractivity contribution in [1.29, 1.82) is 0 Å². The maximum atomic E-state index is 6.69. The number of benzene rings is 2. The zero-order valence-electron chi connectivity index (χ0n) is 12.0. The summed E-state index contributed by atoms with van der Waals surface area (Å²) in [5.74, 6) is 0. The van der Waals surface area contributed by atoms with E-state index in [-0.39, 0.29) is 10.8 Å². The largest absolute Gasteiger partial charge is 0.118 e. The van der Waals surface area contributed by atoms with Crippen LogP contribution in [0.25, 0.3) is 10.8 Å². The molecule has 0 heterocycles. The second-order valence-corrected chi connectivity index (χ2v) is 7.41. The van der Waals surface area contributed by atoms with E-state index in [0.29, 0.717) is 0 Å². The number of rotatable bonds is 2. The fourth-order valence-electron chi connectivity index (χ4n) is 3.19. The Hall–Kier alpha value is -1.01. The summed E-state index contributed by atoms with van der Waals surface area (Å²) < 4.78 is 0. The number of hydrogen-bond donors (Lipinski definition) is 0. The molecule has 1 heteroatoms. The molecule has 3 rings (SSSR count). The molecular weight excluding hydrogens is 252 g/mol. The molecule has 0 spiro atoms. The molecule has 0 N–H and O–H groups in total. The van der Waals surface area contributed by atoms with E-state index in [0.717, 1.165) is 6.42 Å². The molecule has 1 aliphatic rings. The number of alkyl halides is 1. The van der Waals surface area contributed by atoms with E-state index in [1.54, 1.807) is 0 Å². The predicted octanol–water partition coefficient (Wildman–Crippen LogP) is 5.65. The first-order valence-corrected chi connectivity index (χ1v) is 7.57. The minimum atomic E-state index is 0.102. The van der Waals surface area contributed by atoms with Crippen LogP contribution in [0.4, 0.5) is 0 Å². The molecule has 0 saturated heterocycles. The average Bonchev–Trinajstić information content (AvgIpc) is 2.73. The number of aryl methyl sites for hydroxylation is 2. The molecular formula is C18H21Cl. The van der Waals surface area contributed by atoms with Crippen molar-refractivity contribution >= 4 is 22.4 Å². The van der Waals surface area contributed by atoms with Gasteiger partial charge in [0.1, 0.15) is 0 Å². The van der Waals surface area contributed by atoms with Crippen LogP contribution in [0.5, 0.6) is 0 Å². The van der Waals surface area contributed by atoms with Gasteiger partial charge in [-0.05, 0) is 52.1 Å². The van der Waals surface area contributed by atoms with Crippen LogP contribution in [0.2, 0.25) is 0 Å². The maximum Gasteiger partial charge on any atom is 0.0596 e. The first-order chi connectivity index (χ1) is 8.96. The van der Waals surface area contributed by atoms with Crippen molar-refractivity contribution in [2.24, 2.45) is 5.41 Å². The smallest absolute Gasteiger partial charge is 0.0596 e. The Morgan fingerprint density at radius 3 is 2.42 bits per heavy atom. The van der Waals surface area contributed by atoms with Crippen molar-refractivity contribution in [2.45, 2.75) is 45.4 Å². The minimum absolute atomic E-state index is 0.102. The molecule has 2 aromatic carbocycles. The molecule has 0 bridgehead atoms. The molecule has 1 unspecified atom stereocenters. The lowest BCUT2D eigenvalue weighted by Gasteiger charge is -2.23. The Morgan fingerprint density at radius 1 is 1.05 bits per heavy atom. The molecule has 0 nitrogen and oxygen atoms in total. The quantitative estimate of drug-likeness (QED) is 0.619. The van der Waals surface area contributed by atoms with Crippen LogP contribution in [0.15, 0.2) is 30.3 Å². The summed E-state index contributed by atoms with van der Waals surface area (Å²) in [6.45, 7) is 6.76. The van der Waals surface area contributed by atoms with Crippen LogP contribution in [-0.4, -0.2) is 0 Å². The predicted molar refractivity (Wildman–Crippen MR) is 84.0 cm³/mol. The lowest BCUT2D eigenvalue weighted by atomic mass is 9.86. The van der Waals surface area contributed by atoms with Crippen molar-refractivity contribution in [2.75, 3.05) is 0 Å². The van der Waals surface area contributed by atoms with Gasteiger partial charge >= 0.3 is 0 Å². The normalized spacial score (nSPS) is 16.0. The van der Waals surface area contributed by atoms with Crippen molar-refractivity contribution < 1.29 is 0 Å². The molecule has 0 radical (unpaired) electrons. The number of halogens is 1. The Labute approximate surface area is 120 Å². The van der Waals surface area contributed by atoms with E-state index < -0.39 is 0 Å². The molecule has 100 valence electrons. The first-order valence-electron chi connectivity index (χ1n) is 7.13. The van der Waals surface area contributed by atoms with E-state index in [9.17, 15) is 0 Å². The van der Waals surface area contributed by atoms with Crippen LogP contribution in [0.3, 0.4) is 0 Å². The zero-order chi connectivity index (χ0) is 13.6. The SMILES string of the molecule is CC(C)(C)CC(Cl)c1ccc2c3c(cccc13)CC2. The van der Waals surface area contributed by atoms with E-state index in [1.807, 2.05) is 0 Å². The maximum absolute atomic E-state index is 6.69. The monoisotopic (exact) mass is 272 g/mol. The fraction of sp³-hybridized carbons (Fsp3) is 0.444. The van der Waals surface area contributed by atoms with Gasteiger partial charge in [0.15, 0.2) is 0 Å². The topological polar surface area (TPSA) is 0 Å². The van der Waals surface area contributed by atoms with Crippen molar-refractivity contribution in [1.82, 2.24) is 0 Å². The van der Waals surface area contributed by atoms with Crippen LogP contribution < -0.4 is 0 Å². The third-order valence-electron chi connectivity index (χ3n) is 4.04. The van der Waals surface area contributed by atoms with Crippen LogP contribution in [-0.2, 0) is 12.8 Å². The van der Waals surface area contributed by atoms with E-state index in [2.05, 4.69) is 51.1 Å². The Morgan fingerprint density at radius 2 is 1.74 bits per heavy atom. The van der Waals surface area contributed by atoms with Crippen LogP contribution >= 0.6 is 11.6 Å². The summed E-state index contributed by atoms with van der Waals surface area (Å²) in [6, 6.07) is 11.2. The minimum Gasteiger partial charge on any atom is -0.118 e. The molecule has 19 heavy (non-hydrogen) atoms. The fourth-order valence-corrected chi connectivity index (χ4v) is 3.84. The second kappa shape index (κ2) is 4.52. The van der Waals surface area contributed by atoms with E-state index >= 15 is 0 Å². The molecule has 1 atom stereocenters. The van der Waals surface area contributed by atoms with Gasteiger partial charge in [0.05, 0.1) is 5.38 Å². The van der Waals surface area contributed by atoms with Gasteiger partial charge in [0.25, 0.3) is 0 Å². The molecule has 1 aliphatic carbocycles. The van der Waals surface area contributed by atoms with Gasteiger partial charge in [-0.15, -0.1) is 11.6 Å². The second-order valence-electron chi connectivity index (χ2n) is 6.89. The van der Waals surface area contributed by atoms with Gasteiger partial charge in [0, 0.05) is 0 Å². The van der Waals surface area contributed by atoms with Gasteiger partial charge in [-0.1, -0.05) is 51.1 Å². The van der Waals surface area contributed by atoms with Crippen molar-refractivity contribution in [3.8, 4) is 0 Å². The number of hydrogen-bond acceptors (Lipinski definition) is 0. The summed E-state index contributed by atoms with van der Waals surface area (Å²) in [4.78, 5) is 0. The summed E-state index contributed by atoms with van der Waals surface area (Å²) in [5.41, 5.74) is 4.55. The Bertz CT molecular complexity index is 609. The Kier molecular flexibility index (Phi) is 3.09.